The molecule has 1 saturated carbocycles. The second kappa shape index (κ2) is 8.55. The fraction of sp³-hybridized carbons (Fsp3) is 0.333. The number of thiophene rings is 1. The minimum Gasteiger partial charge on any atom is -0.350 e. The van der Waals surface area contributed by atoms with E-state index in [-0.39, 0.29) is 17.9 Å². The molecule has 3 aromatic rings. The number of rotatable bonds is 6. The van der Waals surface area contributed by atoms with Crippen molar-refractivity contribution in [2.24, 2.45) is 11.8 Å². The van der Waals surface area contributed by atoms with Crippen molar-refractivity contribution in [3.8, 4) is 10.4 Å². The maximum atomic E-state index is 13.6. The van der Waals surface area contributed by atoms with Gasteiger partial charge in [-0.3, -0.25) is 9.59 Å². The Hall–Kier alpha value is -2.92. The predicted molar refractivity (Wildman–Crippen MR) is 129 cm³/mol. The monoisotopic (exact) mass is 444 g/mol. The summed E-state index contributed by atoms with van der Waals surface area (Å²) in [7, 11) is 0. The molecule has 5 heteroatoms. The number of benzene rings is 2. The molecule has 1 aliphatic heterocycles. The Kier molecular flexibility index (Phi) is 5.60. The van der Waals surface area contributed by atoms with E-state index < -0.39 is 0 Å². The SMILES string of the molecule is CCc1ccccc1C(=O)NC[C@@H]1[C@H]2C[C@H]2CN1C(=O)c1ccsc1-c1cccc(C)c1. The van der Waals surface area contributed by atoms with Gasteiger partial charge >= 0.3 is 0 Å². The Labute approximate surface area is 193 Å². The van der Waals surface area contributed by atoms with Crippen LogP contribution in [0.3, 0.4) is 0 Å². The second-order valence-corrected chi connectivity index (χ2v) is 9.85. The zero-order valence-corrected chi connectivity index (χ0v) is 19.3. The standard InChI is InChI=1S/C27H28N2O2S/c1-3-18-8-4-5-10-21(18)26(30)28-15-24-23-14-20(23)16-29(24)27(31)22-11-12-32-25(22)19-9-6-7-17(2)13-19/h4-13,20,23-24H,3,14-16H2,1-2H3,(H,28,30)/t20-,23-,24+/m0/s1. The average Bonchev–Trinajstić information content (AvgIpc) is 3.24. The molecule has 1 N–H and O–H groups in total. The van der Waals surface area contributed by atoms with Gasteiger partial charge in [0.15, 0.2) is 0 Å². The molecule has 0 radical (unpaired) electrons. The molecule has 1 aliphatic carbocycles. The molecular weight excluding hydrogens is 416 g/mol. The molecule has 2 amide bonds. The van der Waals surface area contributed by atoms with Crippen LogP contribution in [-0.2, 0) is 6.42 Å². The van der Waals surface area contributed by atoms with Gasteiger partial charge in [-0.2, -0.15) is 0 Å². The van der Waals surface area contributed by atoms with Crippen LogP contribution in [0.4, 0.5) is 0 Å². The van der Waals surface area contributed by atoms with Gasteiger partial charge in [0.05, 0.1) is 11.6 Å². The number of hydrogen-bond donors (Lipinski definition) is 1. The van der Waals surface area contributed by atoms with Gasteiger partial charge in [0.25, 0.3) is 11.8 Å². The fourth-order valence-corrected chi connectivity index (χ4v) is 5.94. The van der Waals surface area contributed by atoms with Crippen LogP contribution in [0.25, 0.3) is 10.4 Å². The van der Waals surface area contributed by atoms with E-state index in [2.05, 4.69) is 37.4 Å². The fourth-order valence-electron chi connectivity index (χ4n) is 5.05. The van der Waals surface area contributed by atoms with Crippen LogP contribution < -0.4 is 5.32 Å². The Morgan fingerprint density at radius 1 is 1.09 bits per heavy atom. The minimum atomic E-state index is -0.0464. The van der Waals surface area contributed by atoms with Gasteiger partial charge in [-0.1, -0.05) is 55.0 Å². The molecule has 2 fully saturated rings. The Bertz CT molecular complexity index is 1170. The van der Waals surface area contributed by atoms with Gasteiger partial charge in [0.1, 0.15) is 0 Å². The van der Waals surface area contributed by atoms with Crippen LogP contribution in [0.15, 0.2) is 60.0 Å². The summed E-state index contributed by atoms with van der Waals surface area (Å²) in [5.41, 5.74) is 4.83. The molecule has 164 valence electrons. The summed E-state index contributed by atoms with van der Waals surface area (Å²) in [5, 5.41) is 5.13. The van der Waals surface area contributed by atoms with Crippen molar-refractivity contribution >= 4 is 23.2 Å². The van der Waals surface area contributed by atoms with Crippen molar-refractivity contribution in [2.75, 3.05) is 13.1 Å². The Morgan fingerprint density at radius 2 is 1.94 bits per heavy atom. The van der Waals surface area contributed by atoms with Crippen LogP contribution in [0.1, 0.15) is 45.2 Å². The molecule has 4 nitrogen and oxygen atoms in total. The molecule has 3 atom stereocenters. The number of likely N-dealkylation sites (tertiary alicyclic amines) is 1. The summed E-state index contributed by atoms with van der Waals surface area (Å²) in [5.74, 6) is 1.12. The summed E-state index contributed by atoms with van der Waals surface area (Å²) < 4.78 is 0. The molecule has 2 aromatic carbocycles. The Balaban J connectivity index is 1.33. The lowest BCUT2D eigenvalue weighted by atomic mass is 10.0. The summed E-state index contributed by atoms with van der Waals surface area (Å²) in [4.78, 5) is 29.5. The van der Waals surface area contributed by atoms with Gasteiger partial charge in [-0.15, -0.1) is 11.3 Å². The third-order valence-electron chi connectivity index (χ3n) is 6.85. The van der Waals surface area contributed by atoms with E-state index in [1.807, 2.05) is 46.7 Å². The zero-order chi connectivity index (χ0) is 22.2. The lowest BCUT2D eigenvalue weighted by molar-refractivity contribution is 0.0696. The molecule has 1 saturated heterocycles. The van der Waals surface area contributed by atoms with E-state index in [0.717, 1.165) is 46.5 Å². The van der Waals surface area contributed by atoms with Crippen molar-refractivity contribution in [1.82, 2.24) is 10.2 Å². The number of amides is 2. The Morgan fingerprint density at radius 3 is 2.75 bits per heavy atom. The highest BCUT2D eigenvalue weighted by molar-refractivity contribution is 7.14. The summed E-state index contributed by atoms with van der Waals surface area (Å²) in [6.45, 7) is 5.43. The highest BCUT2D eigenvalue weighted by atomic mass is 32.1. The maximum Gasteiger partial charge on any atom is 0.255 e. The van der Waals surface area contributed by atoms with Gasteiger partial charge in [-0.25, -0.2) is 0 Å². The number of nitrogens with zero attached hydrogens (tertiary/aromatic N) is 1. The number of fused-ring (bicyclic) bond motifs is 1. The molecular formula is C27H28N2O2S. The molecule has 0 unspecified atom stereocenters. The van der Waals surface area contributed by atoms with Crippen LogP contribution in [0.5, 0.6) is 0 Å². The smallest absolute Gasteiger partial charge is 0.255 e. The third kappa shape index (κ3) is 3.86. The highest BCUT2D eigenvalue weighted by Gasteiger charge is 2.54. The lowest BCUT2D eigenvalue weighted by Gasteiger charge is -2.28. The lowest BCUT2D eigenvalue weighted by Crippen LogP contribution is -2.45. The second-order valence-electron chi connectivity index (χ2n) is 8.94. The van der Waals surface area contributed by atoms with E-state index in [9.17, 15) is 9.59 Å². The average molecular weight is 445 g/mol. The van der Waals surface area contributed by atoms with Gasteiger partial charge < -0.3 is 10.2 Å². The van der Waals surface area contributed by atoms with Crippen molar-refractivity contribution in [3.05, 3.63) is 82.2 Å². The quantitative estimate of drug-likeness (QED) is 0.570. The van der Waals surface area contributed by atoms with Crippen LogP contribution in [-0.4, -0.2) is 35.8 Å². The molecule has 0 spiro atoms. The number of aryl methyl sites for hydroxylation is 2. The highest BCUT2D eigenvalue weighted by Crippen LogP contribution is 2.50. The first kappa shape index (κ1) is 21.0. The van der Waals surface area contributed by atoms with Gasteiger partial charge in [-0.05, 0) is 60.2 Å². The van der Waals surface area contributed by atoms with E-state index in [1.165, 1.54) is 5.56 Å². The van der Waals surface area contributed by atoms with Crippen LogP contribution in [0, 0.1) is 18.8 Å². The van der Waals surface area contributed by atoms with E-state index in [0.29, 0.717) is 18.4 Å². The minimum absolute atomic E-state index is 0.0464. The van der Waals surface area contributed by atoms with Crippen LogP contribution in [0.2, 0.25) is 0 Å². The number of carbonyl (C=O) groups excluding carboxylic acids is 2. The number of hydrogen-bond acceptors (Lipinski definition) is 3. The molecule has 2 aliphatic rings. The van der Waals surface area contributed by atoms with Crippen LogP contribution >= 0.6 is 11.3 Å². The number of nitrogens with one attached hydrogen (secondary N) is 1. The molecule has 1 aromatic heterocycles. The first-order chi connectivity index (χ1) is 15.6. The third-order valence-corrected chi connectivity index (χ3v) is 7.82. The first-order valence-corrected chi connectivity index (χ1v) is 12.3. The van der Waals surface area contributed by atoms with E-state index in [4.69, 9.17) is 0 Å². The topological polar surface area (TPSA) is 49.4 Å². The van der Waals surface area contributed by atoms with Crippen molar-refractivity contribution in [2.45, 2.75) is 32.7 Å². The van der Waals surface area contributed by atoms with Crippen molar-refractivity contribution in [1.29, 1.82) is 0 Å². The number of piperidine rings is 1. The number of carbonyl (C=O) groups is 2. The molecule has 32 heavy (non-hydrogen) atoms. The summed E-state index contributed by atoms with van der Waals surface area (Å²) in [6.07, 6.45) is 1.98. The summed E-state index contributed by atoms with van der Waals surface area (Å²) >= 11 is 1.61. The van der Waals surface area contributed by atoms with Crippen molar-refractivity contribution in [3.63, 3.8) is 0 Å². The normalized spacial score (nSPS) is 21.3. The van der Waals surface area contributed by atoms with Crippen molar-refractivity contribution < 1.29 is 9.59 Å². The first-order valence-electron chi connectivity index (χ1n) is 11.4. The predicted octanol–water partition coefficient (Wildman–Crippen LogP) is 5.18. The largest absolute Gasteiger partial charge is 0.350 e. The molecule has 5 rings (SSSR count). The summed E-state index contributed by atoms with van der Waals surface area (Å²) in [6, 6.07) is 18.1. The van der Waals surface area contributed by atoms with Gasteiger partial charge in [0, 0.05) is 23.5 Å². The van der Waals surface area contributed by atoms with Gasteiger partial charge in [0.2, 0.25) is 0 Å². The molecule has 2 heterocycles. The van der Waals surface area contributed by atoms with E-state index >= 15 is 0 Å². The maximum absolute atomic E-state index is 13.6. The molecule has 0 bridgehead atoms. The zero-order valence-electron chi connectivity index (χ0n) is 18.5. The van der Waals surface area contributed by atoms with E-state index in [1.54, 1.807) is 11.3 Å².